The molecule has 112 valence electrons. The Balaban J connectivity index is 2.44. The first-order valence-electron chi connectivity index (χ1n) is 7.94. The van der Waals surface area contributed by atoms with Gasteiger partial charge in [0.05, 0.1) is 6.54 Å². The molecule has 0 aromatic heterocycles. The highest BCUT2D eigenvalue weighted by Gasteiger charge is 2.22. The molecule has 0 unspecified atom stereocenters. The molecule has 3 N–H and O–H groups in total. The lowest BCUT2D eigenvalue weighted by atomic mass is 9.94. The summed E-state index contributed by atoms with van der Waals surface area (Å²) in [5.74, 6) is 0.160. The molecule has 0 atom stereocenters. The van der Waals surface area contributed by atoms with Gasteiger partial charge in [-0.1, -0.05) is 33.1 Å². The number of nitrogens with two attached hydrogens (primary N) is 1. The van der Waals surface area contributed by atoms with E-state index < -0.39 is 0 Å². The largest absolute Gasteiger partial charge is 0.352 e. The van der Waals surface area contributed by atoms with E-state index in [9.17, 15) is 4.79 Å². The summed E-state index contributed by atoms with van der Waals surface area (Å²) in [6, 6.07) is 0.878. The Bertz CT molecular complexity index is 248. The van der Waals surface area contributed by atoms with Gasteiger partial charge in [0.25, 0.3) is 0 Å². The fourth-order valence-corrected chi connectivity index (χ4v) is 2.95. The average molecular weight is 269 g/mol. The Hall–Kier alpha value is -0.610. The minimum absolute atomic E-state index is 0.160. The number of nitrogens with zero attached hydrogens (tertiary/aromatic N) is 1. The van der Waals surface area contributed by atoms with E-state index in [1.165, 1.54) is 32.1 Å². The maximum Gasteiger partial charge on any atom is 0.234 e. The Kier molecular flexibility index (Phi) is 8.07. The van der Waals surface area contributed by atoms with Crippen LogP contribution in [0, 0.1) is 0 Å². The molecule has 1 fully saturated rings. The number of hydrogen-bond acceptors (Lipinski definition) is 3. The van der Waals surface area contributed by atoms with Crippen LogP contribution in [-0.2, 0) is 4.79 Å². The van der Waals surface area contributed by atoms with Crippen molar-refractivity contribution in [1.82, 2.24) is 10.2 Å². The summed E-state index contributed by atoms with van der Waals surface area (Å²) in [7, 11) is 0. The highest BCUT2D eigenvalue weighted by Crippen LogP contribution is 2.22. The molecular weight excluding hydrogens is 238 g/mol. The first-order chi connectivity index (χ1) is 9.21. The average Bonchev–Trinajstić information content (AvgIpc) is 2.45. The zero-order chi connectivity index (χ0) is 14.1. The van der Waals surface area contributed by atoms with Crippen molar-refractivity contribution >= 4 is 5.91 Å². The summed E-state index contributed by atoms with van der Waals surface area (Å²) in [4.78, 5) is 14.4. The summed E-state index contributed by atoms with van der Waals surface area (Å²) in [5, 5.41) is 3.12. The molecule has 0 aromatic rings. The van der Waals surface area contributed by atoms with Crippen molar-refractivity contribution in [3.63, 3.8) is 0 Å². The highest BCUT2D eigenvalue weighted by molar-refractivity contribution is 5.78. The molecule has 0 spiro atoms. The number of amides is 1. The standard InChI is InChI=1S/C15H31N3O/c1-3-13(4-2)17-15(19)12-18(11-10-16)14-8-6-5-7-9-14/h13-14H,3-12,16H2,1-2H3,(H,17,19). The van der Waals surface area contributed by atoms with Gasteiger partial charge in [-0.05, 0) is 25.7 Å². The van der Waals surface area contributed by atoms with Gasteiger partial charge in [0.2, 0.25) is 5.91 Å². The SMILES string of the molecule is CCC(CC)NC(=O)CN(CCN)C1CCCCC1. The van der Waals surface area contributed by atoms with Crippen molar-refractivity contribution in [2.75, 3.05) is 19.6 Å². The second-order valence-electron chi connectivity index (χ2n) is 5.63. The first-order valence-corrected chi connectivity index (χ1v) is 7.94. The van der Waals surface area contributed by atoms with Gasteiger partial charge in [-0.25, -0.2) is 0 Å². The van der Waals surface area contributed by atoms with Gasteiger partial charge in [0.15, 0.2) is 0 Å². The molecule has 0 bridgehead atoms. The molecule has 1 saturated carbocycles. The van der Waals surface area contributed by atoms with Crippen molar-refractivity contribution in [3.05, 3.63) is 0 Å². The predicted octanol–water partition coefficient (Wildman–Crippen LogP) is 1.88. The van der Waals surface area contributed by atoms with Crippen LogP contribution in [0.3, 0.4) is 0 Å². The third kappa shape index (κ3) is 5.91. The molecular formula is C15H31N3O. The number of carbonyl (C=O) groups is 1. The Labute approximate surface area is 118 Å². The van der Waals surface area contributed by atoms with Gasteiger partial charge in [-0.15, -0.1) is 0 Å². The number of hydrogen-bond donors (Lipinski definition) is 2. The Morgan fingerprint density at radius 2 is 1.89 bits per heavy atom. The summed E-state index contributed by atoms with van der Waals surface area (Å²) < 4.78 is 0. The van der Waals surface area contributed by atoms with Gasteiger partial charge in [0, 0.05) is 25.2 Å². The van der Waals surface area contributed by atoms with Crippen molar-refractivity contribution < 1.29 is 4.79 Å². The molecule has 0 heterocycles. The molecule has 0 saturated heterocycles. The topological polar surface area (TPSA) is 58.4 Å². The van der Waals surface area contributed by atoms with Crippen LogP contribution < -0.4 is 11.1 Å². The van der Waals surface area contributed by atoms with E-state index in [4.69, 9.17) is 5.73 Å². The molecule has 1 rings (SSSR count). The fraction of sp³-hybridized carbons (Fsp3) is 0.933. The van der Waals surface area contributed by atoms with Gasteiger partial charge < -0.3 is 11.1 Å². The second-order valence-corrected chi connectivity index (χ2v) is 5.63. The summed E-state index contributed by atoms with van der Waals surface area (Å²) in [6.07, 6.45) is 8.37. The van der Waals surface area contributed by atoms with Crippen LogP contribution >= 0.6 is 0 Å². The molecule has 0 radical (unpaired) electrons. The van der Waals surface area contributed by atoms with Crippen LogP contribution in [0.2, 0.25) is 0 Å². The number of carbonyl (C=O) groups excluding carboxylic acids is 1. The van der Waals surface area contributed by atoms with E-state index >= 15 is 0 Å². The molecule has 4 heteroatoms. The molecule has 1 aliphatic carbocycles. The molecule has 0 aliphatic heterocycles. The predicted molar refractivity (Wildman–Crippen MR) is 80.0 cm³/mol. The highest BCUT2D eigenvalue weighted by atomic mass is 16.2. The van der Waals surface area contributed by atoms with Crippen LogP contribution in [-0.4, -0.2) is 42.5 Å². The van der Waals surface area contributed by atoms with Crippen LogP contribution in [0.4, 0.5) is 0 Å². The number of nitrogens with one attached hydrogen (secondary N) is 1. The van der Waals surface area contributed by atoms with E-state index in [1.54, 1.807) is 0 Å². The normalized spacial score (nSPS) is 17.1. The first kappa shape index (κ1) is 16.4. The van der Waals surface area contributed by atoms with E-state index in [2.05, 4.69) is 24.1 Å². The van der Waals surface area contributed by atoms with Gasteiger partial charge in [0.1, 0.15) is 0 Å². The summed E-state index contributed by atoms with van der Waals surface area (Å²) in [6.45, 7) is 6.22. The Morgan fingerprint density at radius 1 is 1.26 bits per heavy atom. The van der Waals surface area contributed by atoms with Crippen molar-refractivity contribution in [2.45, 2.75) is 70.9 Å². The lowest BCUT2D eigenvalue weighted by Crippen LogP contribution is -2.47. The van der Waals surface area contributed by atoms with Crippen molar-refractivity contribution in [2.24, 2.45) is 5.73 Å². The van der Waals surface area contributed by atoms with Crippen LogP contribution in [0.25, 0.3) is 0 Å². The Morgan fingerprint density at radius 3 is 2.42 bits per heavy atom. The zero-order valence-electron chi connectivity index (χ0n) is 12.7. The molecule has 1 aliphatic rings. The monoisotopic (exact) mass is 269 g/mol. The summed E-state index contributed by atoms with van der Waals surface area (Å²) >= 11 is 0. The lowest BCUT2D eigenvalue weighted by Gasteiger charge is -2.33. The van der Waals surface area contributed by atoms with Gasteiger partial charge in [-0.2, -0.15) is 0 Å². The minimum Gasteiger partial charge on any atom is -0.352 e. The third-order valence-corrected chi connectivity index (χ3v) is 4.20. The second kappa shape index (κ2) is 9.32. The van der Waals surface area contributed by atoms with Crippen molar-refractivity contribution in [3.8, 4) is 0 Å². The zero-order valence-corrected chi connectivity index (χ0v) is 12.7. The smallest absolute Gasteiger partial charge is 0.234 e. The lowest BCUT2D eigenvalue weighted by molar-refractivity contribution is -0.123. The van der Waals surface area contributed by atoms with Crippen LogP contribution in [0.5, 0.6) is 0 Å². The van der Waals surface area contributed by atoms with Crippen molar-refractivity contribution in [1.29, 1.82) is 0 Å². The quantitative estimate of drug-likeness (QED) is 0.707. The van der Waals surface area contributed by atoms with Gasteiger partial charge >= 0.3 is 0 Å². The third-order valence-electron chi connectivity index (χ3n) is 4.20. The van der Waals surface area contributed by atoms with Crippen LogP contribution in [0.1, 0.15) is 58.8 Å². The molecule has 0 aromatic carbocycles. The van der Waals surface area contributed by atoms with Gasteiger partial charge in [-0.3, -0.25) is 9.69 Å². The van der Waals surface area contributed by atoms with E-state index in [1.807, 2.05) is 0 Å². The maximum absolute atomic E-state index is 12.1. The van der Waals surface area contributed by atoms with Crippen LogP contribution in [0.15, 0.2) is 0 Å². The number of rotatable bonds is 8. The molecule has 4 nitrogen and oxygen atoms in total. The molecule has 19 heavy (non-hydrogen) atoms. The fourth-order valence-electron chi connectivity index (χ4n) is 2.95. The van der Waals surface area contributed by atoms with E-state index in [0.717, 1.165) is 19.4 Å². The molecule has 1 amide bonds. The van der Waals surface area contributed by atoms with E-state index in [-0.39, 0.29) is 5.91 Å². The summed E-state index contributed by atoms with van der Waals surface area (Å²) in [5.41, 5.74) is 5.69. The minimum atomic E-state index is 0.160. The maximum atomic E-state index is 12.1. The van der Waals surface area contributed by atoms with E-state index in [0.29, 0.717) is 25.2 Å².